The largest absolute Gasteiger partial charge is 0.300 e. The predicted octanol–water partition coefficient (Wildman–Crippen LogP) is 3.04. The first-order valence-corrected chi connectivity index (χ1v) is 6.30. The second kappa shape index (κ2) is 5.98. The molecule has 1 heterocycles. The smallest absolute Gasteiger partial charge is 0.00960 e. The maximum absolute atomic E-state index is 3.50. The second-order valence-electron chi connectivity index (χ2n) is 3.66. The summed E-state index contributed by atoms with van der Waals surface area (Å²) in [5.41, 5.74) is 0. The van der Waals surface area contributed by atoms with Gasteiger partial charge >= 0.3 is 0 Å². The van der Waals surface area contributed by atoms with Crippen molar-refractivity contribution in [3.63, 3.8) is 0 Å². The van der Waals surface area contributed by atoms with Crippen molar-refractivity contribution in [1.29, 1.82) is 0 Å². The number of rotatable bonds is 5. The first kappa shape index (κ1) is 10.5. The molecule has 1 aliphatic heterocycles. The molecule has 0 amide bonds. The van der Waals surface area contributed by atoms with Crippen LogP contribution in [-0.4, -0.2) is 29.4 Å². The molecule has 0 spiro atoms. The Balaban J connectivity index is 2.20. The quantitative estimate of drug-likeness (QED) is 0.661. The zero-order valence-electron chi connectivity index (χ0n) is 8.06. The van der Waals surface area contributed by atoms with E-state index < -0.39 is 0 Å². The highest BCUT2D eigenvalue weighted by Crippen LogP contribution is 2.21. The lowest BCUT2D eigenvalue weighted by atomic mass is 10.1. The fourth-order valence-electron chi connectivity index (χ4n) is 2.12. The van der Waals surface area contributed by atoms with Crippen molar-refractivity contribution >= 4 is 15.9 Å². The molecule has 0 aromatic rings. The Hall–Kier alpha value is 0.440. The van der Waals surface area contributed by atoms with Gasteiger partial charge in [0.05, 0.1) is 0 Å². The van der Waals surface area contributed by atoms with Crippen LogP contribution in [0.15, 0.2) is 0 Å². The Morgan fingerprint density at radius 3 is 3.00 bits per heavy atom. The van der Waals surface area contributed by atoms with Gasteiger partial charge in [-0.3, -0.25) is 0 Å². The van der Waals surface area contributed by atoms with Crippen molar-refractivity contribution < 1.29 is 0 Å². The molecule has 0 aromatic carbocycles. The van der Waals surface area contributed by atoms with E-state index in [4.69, 9.17) is 0 Å². The molecule has 1 atom stereocenters. The van der Waals surface area contributed by atoms with E-state index in [-0.39, 0.29) is 0 Å². The second-order valence-corrected chi connectivity index (χ2v) is 4.46. The molecule has 0 saturated carbocycles. The lowest BCUT2D eigenvalue weighted by Gasteiger charge is -2.23. The average Bonchev–Trinajstić information content (AvgIpc) is 2.50. The van der Waals surface area contributed by atoms with Crippen LogP contribution in [0.4, 0.5) is 0 Å². The summed E-state index contributed by atoms with van der Waals surface area (Å²) in [4.78, 5) is 2.67. The van der Waals surface area contributed by atoms with Gasteiger partial charge in [0.15, 0.2) is 0 Å². The van der Waals surface area contributed by atoms with Gasteiger partial charge in [0, 0.05) is 11.4 Å². The molecule has 1 nitrogen and oxygen atoms in total. The van der Waals surface area contributed by atoms with Gasteiger partial charge in [-0.15, -0.1) is 0 Å². The van der Waals surface area contributed by atoms with Crippen LogP contribution < -0.4 is 0 Å². The maximum Gasteiger partial charge on any atom is 0.00960 e. The highest BCUT2D eigenvalue weighted by atomic mass is 79.9. The molecule has 2 heteroatoms. The average molecular weight is 234 g/mol. The van der Waals surface area contributed by atoms with E-state index in [0.717, 1.165) is 6.04 Å². The van der Waals surface area contributed by atoms with Crippen molar-refractivity contribution in [1.82, 2.24) is 4.90 Å². The van der Waals surface area contributed by atoms with Crippen LogP contribution in [0.2, 0.25) is 0 Å². The summed E-state index contributed by atoms with van der Waals surface area (Å²) in [7, 11) is 0. The molecule has 0 aromatic heterocycles. The molecule has 1 unspecified atom stereocenters. The maximum atomic E-state index is 3.50. The van der Waals surface area contributed by atoms with Gasteiger partial charge in [0.1, 0.15) is 0 Å². The molecule has 12 heavy (non-hydrogen) atoms. The number of hydrogen-bond donors (Lipinski definition) is 0. The summed E-state index contributed by atoms with van der Waals surface area (Å²) in [6.45, 7) is 4.94. The summed E-state index contributed by atoms with van der Waals surface area (Å²) in [6.07, 6.45) is 6.90. The zero-order valence-corrected chi connectivity index (χ0v) is 9.65. The third-order valence-corrected chi connectivity index (χ3v) is 3.24. The standard InChI is InChI=1S/C10H20BrN/c1-2-8-12-9-4-6-10(12)5-3-7-11/h10H,2-9H2,1H3. The van der Waals surface area contributed by atoms with Crippen molar-refractivity contribution in [2.75, 3.05) is 18.4 Å². The molecule has 0 bridgehead atoms. The monoisotopic (exact) mass is 233 g/mol. The van der Waals surface area contributed by atoms with Gasteiger partial charge in [-0.2, -0.15) is 0 Å². The summed E-state index contributed by atoms with van der Waals surface area (Å²) in [6, 6.07) is 0.905. The first-order chi connectivity index (χ1) is 5.88. The minimum absolute atomic E-state index is 0.905. The number of likely N-dealkylation sites (tertiary alicyclic amines) is 1. The van der Waals surface area contributed by atoms with E-state index in [1.807, 2.05) is 0 Å². The summed E-state index contributed by atoms with van der Waals surface area (Å²) < 4.78 is 0. The SMILES string of the molecule is CCCN1CCCC1CCCBr. The van der Waals surface area contributed by atoms with Gasteiger partial charge in [-0.25, -0.2) is 0 Å². The molecule has 1 rings (SSSR count). The van der Waals surface area contributed by atoms with E-state index in [0.29, 0.717) is 0 Å². The van der Waals surface area contributed by atoms with Gasteiger partial charge in [-0.1, -0.05) is 22.9 Å². The van der Waals surface area contributed by atoms with Crippen LogP contribution in [-0.2, 0) is 0 Å². The third kappa shape index (κ3) is 3.06. The number of hydrogen-bond acceptors (Lipinski definition) is 1. The van der Waals surface area contributed by atoms with Crippen molar-refractivity contribution in [2.45, 2.75) is 45.1 Å². The van der Waals surface area contributed by atoms with Gasteiger partial charge in [0.2, 0.25) is 0 Å². The molecule has 1 saturated heterocycles. The molecule has 0 N–H and O–H groups in total. The van der Waals surface area contributed by atoms with Crippen molar-refractivity contribution in [3.8, 4) is 0 Å². The van der Waals surface area contributed by atoms with E-state index in [9.17, 15) is 0 Å². The minimum Gasteiger partial charge on any atom is -0.300 e. The number of halogens is 1. The Kier molecular flexibility index (Phi) is 5.24. The lowest BCUT2D eigenvalue weighted by molar-refractivity contribution is 0.243. The van der Waals surface area contributed by atoms with Crippen LogP contribution in [0.3, 0.4) is 0 Å². The fraction of sp³-hybridized carbons (Fsp3) is 1.00. The van der Waals surface area contributed by atoms with Crippen molar-refractivity contribution in [3.05, 3.63) is 0 Å². The minimum atomic E-state index is 0.905. The summed E-state index contributed by atoms with van der Waals surface area (Å²) >= 11 is 3.50. The van der Waals surface area contributed by atoms with Gasteiger partial charge in [0.25, 0.3) is 0 Å². The number of nitrogens with zero attached hydrogens (tertiary/aromatic N) is 1. The topological polar surface area (TPSA) is 3.24 Å². The zero-order chi connectivity index (χ0) is 8.81. The van der Waals surface area contributed by atoms with Crippen LogP contribution in [0.1, 0.15) is 39.0 Å². The highest BCUT2D eigenvalue weighted by Gasteiger charge is 2.22. The summed E-state index contributed by atoms with van der Waals surface area (Å²) in [5.74, 6) is 0. The van der Waals surface area contributed by atoms with Crippen LogP contribution in [0.5, 0.6) is 0 Å². The normalized spacial score (nSPS) is 25.0. The van der Waals surface area contributed by atoms with E-state index in [1.54, 1.807) is 0 Å². The van der Waals surface area contributed by atoms with Gasteiger partial charge in [-0.05, 0) is 45.2 Å². The van der Waals surface area contributed by atoms with Gasteiger partial charge < -0.3 is 4.90 Å². The van der Waals surface area contributed by atoms with E-state index >= 15 is 0 Å². The Labute approximate surface area is 84.6 Å². The number of alkyl halides is 1. The molecule has 1 fully saturated rings. The lowest BCUT2D eigenvalue weighted by Crippen LogP contribution is -2.30. The van der Waals surface area contributed by atoms with Crippen LogP contribution >= 0.6 is 15.9 Å². The molecule has 72 valence electrons. The Morgan fingerprint density at radius 2 is 2.33 bits per heavy atom. The molecule has 0 radical (unpaired) electrons. The molecule has 0 aliphatic carbocycles. The van der Waals surface area contributed by atoms with Crippen LogP contribution in [0.25, 0.3) is 0 Å². The van der Waals surface area contributed by atoms with Crippen molar-refractivity contribution in [2.24, 2.45) is 0 Å². The highest BCUT2D eigenvalue weighted by molar-refractivity contribution is 9.09. The van der Waals surface area contributed by atoms with E-state index in [1.165, 1.54) is 50.5 Å². The fourth-order valence-corrected chi connectivity index (χ4v) is 2.44. The Morgan fingerprint density at radius 1 is 1.50 bits per heavy atom. The molecular weight excluding hydrogens is 214 g/mol. The third-order valence-electron chi connectivity index (χ3n) is 2.68. The molecular formula is C10H20BrN. The summed E-state index contributed by atoms with van der Waals surface area (Å²) in [5, 5.41) is 1.17. The Bertz CT molecular complexity index is 116. The predicted molar refractivity (Wildman–Crippen MR) is 57.9 cm³/mol. The van der Waals surface area contributed by atoms with E-state index in [2.05, 4.69) is 27.8 Å². The molecule has 1 aliphatic rings. The first-order valence-electron chi connectivity index (χ1n) is 5.18. The van der Waals surface area contributed by atoms with Crippen LogP contribution in [0, 0.1) is 0 Å².